The van der Waals surface area contributed by atoms with Gasteiger partial charge in [-0.1, -0.05) is 57.9 Å². The molecule has 0 nitrogen and oxygen atoms in total. The van der Waals surface area contributed by atoms with Crippen molar-refractivity contribution in [2.24, 2.45) is 0 Å². The molecule has 0 radical (unpaired) electrons. The second kappa shape index (κ2) is 4.20. The van der Waals surface area contributed by atoms with E-state index in [-0.39, 0.29) is 0 Å². The molecule has 4 aromatic rings. The van der Waals surface area contributed by atoms with Crippen LogP contribution < -0.4 is 0 Å². The average molecular weight is 348 g/mol. The molecular formula is C16H8BrClS. The molecule has 0 amide bonds. The molecule has 92 valence electrons. The van der Waals surface area contributed by atoms with Crippen LogP contribution in [0.3, 0.4) is 0 Å². The molecule has 3 heteroatoms. The number of benzene rings is 3. The van der Waals surface area contributed by atoms with Crippen molar-refractivity contribution in [3.05, 3.63) is 58.0 Å². The number of fused-ring (bicyclic) bond motifs is 5. The Balaban J connectivity index is 2.34. The molecule has 3 aromatic carbocycles. The van der Waals surface area contributed by atoms with Crippen LogP contribution in [0.1, 0.15) is 0 Å². The molecule has 0 unspecified atom stereocenters. The molecule has 0 saturated carbocycles. The van der Waals surface area contributed by atoms with Crippen molar-refractivity contribution in [3.8, 4) is 0 Å². The molecule has 0 saturated heterocycles. The standard InChI is InChI=1S/C16H8BrClS/c17-13-8-15-16(11-4-2-1-3-10(11)13)12-6-5-9(18)7-14(12)19-15/h1-8H. The molecule has 0 spiro atoms. The monoisotopic (exact) mass is 346 g/mol. The molecule has 0 N–H and O–H groups in total. The predicted octanol–water partition coefficient (Wildman–Crippen LogP) is 6.62. The van der Waals surface area contributed by atoms with Gasteiger partial charge in [0.1, 0.15) is 0 Å². The minimum absolute atomic E-state index is 0.794. The molecular weight excluding hydrogens is 340 g/mol. The minimum Gasteiger partial charge on any atom is -0.135 e. The van der Waals surface area contributed by atoms with Gasteiger partial charge in [-0.15, -0.1) is 11.3 Å². The van der Waals surface area contributed by atoms with Crippen LogP contribution in [0.25, 0.3) is 30.9 Å². The summed E-state index contributed by atoms with van der Waals surface area (Å²) in [4.78, 5) is 0. The fraction of sp³-hybridized carbons (Fsp3) is 0. The molecule has 1 heterocycles. The van der Waals surface area contributed by atoms with Crippen LogP contribution in [0.4, 0.5) is 0 Å². The van der Waals surface area contributed by atoms with Crippen LogP contribution in [0.15, 0.2) is 53.0 Å². The maximum Gasteiger partial charge on any atom is 0.0420 e. The van der Waals surface area contributed by atoms with Crippen molar-refractivity contribution in [2.45, 2.75) is 0 Å². The third kappa shape index (κ3) is 1.71. The van der Waals surface area contributed by atoms with E-state index < -0.39 is 0 Å². The highest BCUT2D eigenvalue weighted by atomic mass is 79.9. The highest BCUT2D eigenvalue weighted by Gasteiger charge is 2.11. The van der Waals surface area contributed by atoms with Gasteiger partial charge in [-0.25, -0.2) is 0 Å². The van der Waals surface area contributed by atoms with Gasteiger partial charge in [0.2, 0.25) is 0 Å². The summed E-state index contributed by atoms with van der Waals surface area (Å²) in [7, 11) is 0. The third-order valence-corrected chi connectivity index (χ3v) is 5.38. The van der Waals surface area contributed by atoms with E-state index in [0.717, 1.165) is 9.50 Å². The quantitative estimate of drug-likeness (QED) is 0.335. The van der Waals surface area contributed by atoms with Gasteiger partial charge in [0.05, 0.1) is 0 Å². The van der Waals surface area contributed by atoms with Crippen molar-refractivity contribution in [3.63, 3.8) is 0 Å². The van der Waals surface area contributed by atoms with Crippen LogP contribution in [0.2, 0.25) is 5.02 Å². The van der Waals surface area contributed by atoms with E-state index in [2.05, 4.69) is 52.3 Å². The molecule has 1 aromatic heterocycles. The lowest BCUT2D eigenvalue weighted by atomic mass is 10.0. The van der Waals surface area contributed by atoms with Gasteiger partial charge in [0, 0.05) is 29.7 Å². The number of hydrogen-bond donors (Lipinski definition) is 0. The van der Waals surface area contributed by atoms with Crippen molar-refractivity contribution < 1.29 is 0 Å². The van der Waals surface area contributed by atoms with Crippen LogP contribution >= 0.6 is 38.9 Å². The molecule has 0 aliphatic rings. The molecule has 0 fully saturated rings. The second-order valence-electron chi connectivity index (χ2n) is 4.52. The van der Waals surface area contributed by atoms with Gasteiger partial charge in [0.15, 0.2) is 0 Å². The lowest BCUT2D eigenvalue weighted by molar-refractivity contribution is 1.78. The Morgan fingerprint density at radius 1 is 0.842 bits per heavy atom. The number of thiophene rings is 1. The molecule has 0 aliphatic carbocycles. The summed E-state index contributed by atoms with van der Waals surface area (Å²) >= 11 is 11.6. The van der Waals surface area contributed by atoms with Crippen LogP contribution in [-0.4, -0.2) is 0 Å². The first-order chi connectivity index (χ1) is 9.24. The highest BCUT2D eigenvalue weighted by Crippen LogP contribution is 2.41. The van der Waals surface area contributed by atoms with Gasteiger partial charge in [-0.05, 0) is 29.0 Å². The predicted molar refractivity (Wildman–Crippen MR) is 89.5 cm³/mol. The Labute approximate surface area is 127 Å². The molecule has 0 bridgehead atoms. The van der Waals surface area contributed by atoms with E-state index in [9.17, 15) is 0 Å². The fourth-order valence-electron chi connectivity index (χ4n) is 2.57. The minimum atomic E-state index is 0.794. The summed E-state index contributed by atoms with van der Waals surface area (Å²) in [5, 5.41) is 5.95. The van der Waals surface area contributed by atoms with Gasteiger partial charge in [-0.2, -0.15) is 0 Å². The summed E-state index contributed by atoms with van der Waals surface area (Å²) in [6, 6.07) is 16.8. The van der Waals surface area contributed by atoms with Crippen molar-refractivity contribution >= 4 is 69.8 Å². The van der Waals surface area contributed by atoms with E-state index in [0.29, 0.717) is 0 Å². The maximum atomic E-state index is 6.09. The second-order valence-corrected chi connectivity index (χ2v) is 6.89. The molecule has 0 aliphatic heterocycles. The SMILES string of the molecule is Clc1ccc2c(c1)sc1cc(Br)c3ccccc3c12. The summed E-state index contributed by atoms with van der Waals surface area (Å²) in [6.07, 6.45) is 0. The van der Waals surface area contributed by atoms with Gasteiger partial charge in [0.25, 0.3) is 0 Å². The Morgan fingerprint density at radius 3 is 2.47 bits per heavy atom. The molecule has 19 heavy (non-hydrogen) atoms. The number of rotatable bonds is 0. The Hall–Kier alpha value is -1.09. The Kier molecular flexibility index (Phi) is 2.59. The zero-order chi connectivity index (χ0) is 13.0. The van der Waals surface area contributed by atoms with E-state index in [1.54, 1.807) is 11.3 Å². The summed E-state index contributed by atoms with van der Waals surface area (Å²) < 4.78 is 3.68. The first-order valence-electron chi connectivity index (χ1n) is 5.93. The van der Waals surface area contributed by atoms with Gasteiger partial charge in [-0.3, -0.25) is 0 Å². The van der Waals surface area contributed by atoms with E-state index in [1.807, 2.05) is 12.1 Å². The molecule has 0 atom stereocenters. The van der Waals surface area contributed by atoms with Crippen LogP contribution in [0, 0.1) is 0 Å². The Bertz CT molecular complexity index is 940. The smallest absolute Gasteiger partial charge is 0.0420 e. The van der Waals surface area contributed by atoms with Crippen LogP contribution in [0.5, 0.6) is 0 Å². The third-order valence-electron chi connectivity index (χ3n) is 3.39. The van der Waals surface area contributed by atoms with E-state index in [4.69, 9.17) is 11.6 Å². The lowest BCUT2D eigenvalue weighted by Crippen LogP contribution is -1.76. The first-order valence-corrected chi connectivity index (χ1v) is 7.92. The first kappa shape index (κ1) is 11.7. The largest absolute Gasteiger partial charge is 0.135 e. The molecule has 4 rings (SSSR count). The summed E-state index contributed by atoms with van der Waals surface area (Å²) in [5.41, 5.74) is 0. The zero-order valence-corrected chi connectivity index (χ0v) is 12.9. The fourth-order valence-corrected chi connectivity index (χ4v) is 4.74. The average Bonchev–Trinajstić information content (AvgIpc) is 2.76. The topological polar surface area (TPSA) is 0 Å². The maximum absolute atomic E-state index is 6.09. The Morgan fingerprint density at radius 2 is 1.63 bits per heavy atom. The summed E-state index contributed by atoms with van der Waals surface area (Å²) in [6.45, 7) is 0. The normalized spacial score (nSPS) is 11.7. The van der Waals surface area contributed by atoms with Gasteiger partial charge >= 0.3 is 0 Å². The van der Waals surface area contributed by atoms with E-state index >= 15 is 0 Å². The van der Waals surface area contributed by atoms with Crippen molar-refractivity contribution in [1.29, 1.82) is 0 Å². The highest BCUT2D eigenvalue weighted by molar-refractivity contribution is 9.10. The van der Waals surface area contributed by atoms with E-state index in [1.165, 1.54) is 30.9 Å². The zero-order valence-electron chi connectivity index (χ0n) is 9.78. The van der Waals surface area contributed by atoms with Crippen molar-refractivity contribution in [2.75, 3.05) is 0 Å². The lowest BCUT2D eigenvalue weighted by Gasteiger charge is -2.03. The van der Waals surface area contributed by atoms with Crippen molar-refractivity contribution in [1.82, 2.24) is 0 Å². The number of hydrogen-bond acceptors (Lipinski definition) is 1. The summed E-state index contributed by atoms with van der Waals surface area (Å²) in [5.74, 6) is 0. The van der Waals surface area contributed by atoms with Crippen LogP contribution in [-0.2, 0) is 0 Å². The van der Waals surface area contributed by atoms with Gasteiger partial charge < -0.3 is 0 Å². The number of halogens is 2.